The molecule has 2 heterocycles. The van der Waals surface area contributed by atoms with Crippen LogP contribution in [0, 0.1) is 0 Å². The molecule has 0 aliphatic carbocycles. The minimum atomic E-state index is -0.839. The maximum atomic E-state index is 12.0. The van der Waals surface area contributed by atoms with Crippen LogP contribution in [0.5, 0.6) is 5.75 Å². The number of carbonyl (C=O) groups is 1. The van der Waals surface area contributed by atoms with Crippen molar-refractivity contribution in [2.24, 2.45) is 0 Å². The van der Waals surface area contributed by atoms with Crippen LogP contribution in [0.25, 0.3) is 0 Å². The molecule has 106 valence electrons. The number of ether oxygens (including phenoxy) is 1. The number of piperidine rings is 1. The summed E-state index contributed by atoms with van der Waals surface area (Å²) in [6, 6.07) is 5.38. The van der Waals surface area contributed by atoms with Crippen LogP contribution < -0.4 is 10.2 Å². The zero-order valence-electron chi connectivity index (χ0n) is 11.4. The summed E-state index contributed by atoms with van der Waals surface area (Å²) >= 11 is 0. The zero-order valence-corrected chi connectivity index (χ0v) is 11.4. The zero-order chi connectivity index (χ0) is 13.9. The van der Waals surface area contributed by atoms with Crippen molar-refractivity contribution in [3.05, 3.63) is 23.8 Å². The standard InChI is InChI=1S/C14H18BNO4/c17-14(16-6-2-1-3-7-16)10-19-12-4-5-13-11(8-12)9-20-15(13)18/h4-5,8,18H,1-3,6-7,9-10H2. The Morgan fingerprint density at radius 1 is 1.35 bits per heavy atom. The van der Waals surface area contributed by atoms with Gasteiger partial charge < -0.3 is 19.3 Å². The van der Waals surface area contributed by atoms with Crippen molar-refractivity contribution in [2.75, 3.05) is 19.7 Å². The third kappa shape index (κ3) is 2.81. The number of rotatable bonds is 3. The summed E-state index contributed by atoms with van der Waals surface area (Å²) in [6.45, 7) is 2.13. The lowest BCUT2D eigenvalue weighted by molar-refractivity contribution is -0.134. The smallest absolute Gasteiger partial charge is 0.484 e. The van der Waals surface area contributed by atoms with Gasteiger partial charge in [-0.15, -0.1) is 0 Å². The Morgan fingerprint density at radius 2 is 2.15 bits per heavy atom. The van der Waals surface area contributed by atoms with Crippen molar-refractivity contribution in [3.63, 3.8) is 0 Å². The average Bonchev–Trinajstić information content (AvgIpc) is 2.87. The van der Waals surface area contributed by atoms with Crippen LogP contribution in [-0.2, 0) is 16.1 Å². The second-order valence-electron chi connectivity index (χ2n) is 5.25. The Morgan fingerprint density at radius 3 is 2.95 bits per heavy atom. The molecule has 1 aromatic rings. The first-order valence-corrected chi connectivity index (χ1v) is 7.07. The molecule has 1 aromatic carbocycles. The Hall–Kier alpha value is -1.53. The molecule has 2 aliphatic heterocycles. The minimum absolute atomic E-state index is 0.0430. The second kappa shape index (κ2) is 5.85. The highest BCUT2D eigenvalue weighted by molar-refractivity contribution is 6.61. The molecule has 3 rings (SSSR count). The lowest BCUT2D eigenvalue weighted by Crippen LogP contribution is -2.38. The fourth-order valence-corrected chi connectivity index (χ4v) is 2.68. The summed E-state index contributed by atoms with van der Waals surface area (Å²) < 4.78 is 10.7. The van der Waals surface area contributed by atoms with Gasteiger partial charge in [0, 0.05) is 13.1 Å². The van der Waals surface area contributed by atoms with Crippen LogP contribution in [0.4, 0.5) is 0 Å². The van der Waals surface area contributed by atoms with Crippen LogP contribution in [0.1, 0.15) is 24.8 Å². The third-order valence-corrected chi connectivity index (χ3v) is 3.85. The molecule has 1 saturated heterocycles. The first-order chi connectivity index (χ1) is 9.74. The molecule has 2 aliphatic rings. The van der Waals surface area contributed by atoms with E-state index in [4.69, 9.17) is 9.39 Å². The summed E-state index contributed by atoms with van der Waals surface area (Å²) in [5.74, 6) is 0.688. The van der Waals surface area contributed by atoms with Crippen LogP contribution >= 0.6 is 0 Å². The Kier molecular flexibility index (Phi) is 3.94. The van der Waals surface area contributed by atoms with E-state index in [9.17, 15) is 9.82 Å². The monoisotopic (exact) mass is 275 g/mol. The summed E-state index contributed by atoms with van der Waals surface area (Å²) in [7, 11) is -0.839. The van der Waals surface area contributed by atoms with Gasteiger partial charge in [0.05, 0.1) is 6.61 Å². The normalized spacial score (nSPS) is 18.1. The molecule has 0 aromatic heterocycles. The van der Waals surface area contributed by atoms with E-state index in [2.05, 4.69) is 0 Å². The Balaban J connectivity index is 1.57. The molecule has 20 heavy (non-hydrogen) atoms. The van der Waals surface area contributed by atoms with Gasteiger partial charge in [0.15, 0.2) is 6.61 Å². The number of hydrogen-bond acceptors (Lipinski definition) is 4. The van der Waals surface area contributed by atoms with E-state index in [0.29, 0.717) is 12.4 Å². The second-order valence-corrected chi connectivity index (χ2v) is 5.25. The Labute approximate surface area is 118 Å². The largest absolute Gasteiger partial charge is 0.491 e. The van der Waals surface area contributed by atoms with Crippen molar-refractivity contribution in [3.8, 4) is 5.75 Å². The average molecular weight is 275 g/mol. The number of benzene rings is 1. The van der Waals surface area contributed by atoms with E-state index < -0.39 is 7.12 Å². The SMILES string of the molecule is O=C(COc1ccc2c(c1)COB2O)N1CCCCC1. The fraction of sp³-hybridized carbons (Fsp3) is 0.500. The van der Waals surface area contributed by atoms with Gasteiger partial charge in [-0.3, -0.25) is 4.79 Å². The van der Waals surface area contributed by atoms with E-state index in [1.165, 1.54) is 6.42 Å². The number of fused-ring (bicyclic) bond motifs is 1. The number of nitrogens with zero attached hydrogens (tertiary/aromatic N) is 1. The molecule has 0 bridgehead atoms. The van der Waals surface area contributed by atoms with Gasteiger partial charge in [0.25, 0.3) is 5.91 Å². The molecule has 1 amide bonds. The van der Waals surface area contributed by atoms with Crippen molar-refractivity contribution in [1.82, 2.24) is 4.90 Å². The molecule has 1 N–H and O–H groups in total. The number of likely N-dealkylation sites (tertiary alicyclic amines) is 1. The lowest BCUT2D eigenvalue weighted by atomic mass is 9.80. The van der Waals surface area contributed by atoms with E-state index in [1.54, 1.807) is 12.1 Å². The van der Waals surface area contributed by atoms with E-state index in [-0.39, 0.29) is 12.5 Å². The summed E-state index contributed by atoms with van der Waals surface area (Å²) in [6.07, 6.45) is 3.37. The predicted octanol–water partition coefficient (Wildman–Crippen LogP) is 0.296. The molecule has 0 saturated carbocycles. The van der Waals surface area contributed by atoms with E-state index in [0.717, 1.165) is 37.0 Å². The predicted molar refractivity (Wildman–Crippen MR) is 74.8 cm³/mol. The topological polar surface area (TPSA) is 59.0 Å². The fourth-order valence-electron chi connectivity index (χ4n) is 2.68. The molecule has 1 fully saturated rings. The van der Waals surface area contributed by atoms with Gasteiger partial charge in [0.1, 0.15) is 5.75 Å². The van der Waals surface area contributed by atoms with Gasteiger partial charge in [-0.2, -0.15) is 0 Å². The highest BCUT2D eigenvalue weighted by atomic mass is 16.5. The molecule has 0 spiro atoms. The summed E-state index contributed by atoms with van der Waals surface area (Å²) in [5, 5.41) is 9.54. The van der Waals surface area contributed by atoms with Crippen molar-refractivity contribution in [1.29, 1.82) is 0 Å². The highest BCUT2D eigenvalue weighted by Crippen LogP contribution is 2.17. The van der Waals surface area contributed by atoms with Crippen LogP contribution in [0.15, 0.2) is 18.2 Å². The van der Waals surface area contributed by atoms with Gasteiger partial charge in [-0.05, 0) is 42.4 Å². The van der Waals surface area contributed by atoms with E-state index >= 15 is 0 Å². The van der Waals surface area contributed by atoms with Gasteiger partial charge in [-0.1, -0.05) is 6.07 Å². The van der Waals surface area contributed by atoms with Crippen molar-refractivity contribution in [2.45, 2.75) is 25.9 Å². The maximum Gasteiger partial charge on any atom is 0.491 e. The summed E-state index contributed by atoms with van der Waals surface area (Å²) in [4.78, 5) is 13.9. The molecule has 0 atom stereocenters. The molecule has 6 heteroatoms. The van der Waals surface area contributed by atoms with Crippen LogP contribution in [-0.4, -0.2) is 42.6 Å². The Bertz CT molecular complexity index is 502. The van der Waals surface area contributed by atoms with Gasteiger partial charge in [0.2, 0.25) is 0 Å². The molecule has 5 nitrogen and oxygen atoms in total. The first kappa shape index (κ1) is 13.5. The third-order valence-electron chi connectivity index (χ3n) is 3.85. The van der Waals surface area contributed by atoms with E-state index in [1.807, 2.05) is 11.0 Å². The maximum absolute atomic E-state index is 12.0. The quantitative estimate of drug-likeness (QED) is 0.806. The molecular formula is C14H18BNO4. The number of hydrogen-bond donors (Lipinski definition) is 1. The molecule has 0 unspecified atom stereocenters. The van der Waals surface area contributed by atoms with Crippen molar-refractivity contribution >= 4 is 18.5 Å². The molecule has 0 radical (unpaired) electrons. The number of amides is 1. The van der Waals surface area contributed by atoms with Crippen LogP contribution in [0.2, 0.25) is 0 Å². The number of carbonyl (C=O) groups excluding carboxylic acids is 1. The lowest BCUT2D eigenvalue weighted by Gasteiger charge is -2.26. The minimum Gasteiger partial charge on any atom is -0.484 e. The first-order valence-electron chi connectivity index (χ1n) is 7.07. The van der Waals surface area contributed by atoms with Gasteiger partial charge >= 0.3 is 7.12 Å². The van der Waals surface area contributed by atoms with Crippen LogP contribution in [0.3, 0.4) is 0 Å². The van der Waals surface area contributed by atoms with Gasteiger partial charge in [-0.25, -0.2) is 0 Å². The molecular weight excluding hydrogens is 257 g/mol. The highest BCUT2D eigenvalue weighted by Gasteiger charge is 2.27. The summed E-state index contributed by atoms with van der Waals surface area (Å²) in [5.41, 5.74) is 1.69. The van der Waals surface area contributed by atoms with Crippen molar-refractivity contribution < 1.29 is 19.2 Å².